The summed E-state index contributed by atoms with van der Waals surface area (Å²) in [6.07, 6.45) is 2.11. The van der Waals surface area contributed by atoms with Gasteiger partial charge in [-0.05, 0) is 88.6 Å². The Morgan fingerprint density at radius 2 is 1.65 bits per heavy atom. The number of carbonyl (C=O) groups is 1. The smallest absolute Gasteiger partial charge is 0.345 e. The Kier molecular flexibility index (Phi) is 9.92. The standard InChI is InChI=1S/C37H41F3N4O3S/c1-25(26-10-5-3-6-11-26)41-36(45)34-31-15-14-30(48(2,46)47)23-33(31)42-35(27-12-9-13-28(22-27)37(38,39)40)32(34)24-43-20-16-29(17-21-43)44-18-7-4-8-19-44/h3,5-6,9-15,22-23,25,29H,4,7-8,16-21,24H2,1-2H3,(H,41,45)/t25-/m0/s1. The van der Waals surface area contributed by atoms with Crippen LogP contribution in [0.3, 0.4) is 0 Å². The summed E-state index contributed by atoms with van der Waals surface area (Å²) < 4.78 is 66.9. The summed E-state index contributed by atoms with van der Waals surface area (Å²) in [7, 11) is -3.63. The van der Waals surface area contributed by atoms with E-state index in [-0.39, 0.29) is 33.3 Å². The van der Waals surface area contributed by atoms with Crippen LogP contribution in [0.15, 0.2) is 77.7 Å². The monoisotopic (exact) mass is 678 g/mol. The van der Waals surface area contributed by atoms with E-state index in [1.165, 1.54) is 37.5 Å². The van der Waals surface area contributed by atoms with E-state index in [2.05, 4.69) is 15.1 Å². The summed E-state index contributed by atoms with van der Waals surface area (Å²) in [6.45, 7) is 5.94. The lowest BCUT2D eigenvalue weighted by Crippen LogP contribution is -2.46. The van der Waals surface area contributed by atoms with Gasteiger partial charge in [0.15, 0.2) is 9.84 Å². The first kappa shape index (κ1) is 34.1. The molecular weight excluding hydrogens is 637 g/mol. The second-order valence-electron chi connectivity index (χ2n) is 13.1. The van der Waals surface area contributed by atoms with Crippen molar-refractivity contribution in [2.45, 2.75) is 68.7 Å². The van der Waals surface area contributed by atoms with Crippen LogP contribution in [-0.2, 0) is 22.6 Å². The van der Waals surface area contributed by atoms with Crippen molar-refractivity contribution in [1.29, 1.82) is 0 Å². The van der Waals surface area contributed by atoms with Crippen molar-refractivity contribution in [3.8, 4) is 11.3 Å². The molecule has 0 unspecified atom stereocenters. The number of pyridine rings is 1. The van der Waals surface area contributed by atoms with Crippen LogP contribution >= 0.6 is 0 Å². The van der Waals surface area contributed by atoms with E-state index in [0.29, 0.717) is 23.5 Å². The van der Waals surface area contributed by atoms with Crippen LogP contribution in [0.2, 0.25) is 0 Å². The number of nitrogens with zero attached hydrogens (tertiary/aromatic N) is 3. The molecule has 7 nitrogen and oxygen atoms in total. The van der Waals surface area contributed by atoms with Crippen LogP contribution in [-0.4, -0.2) is 67.6 Å². The highest BCUT2D eigenvalue weighted by Gasteiger charge is 2.32. The minimum Gasteiger partial charge on any atom is -0.345 e. The van der Waals surface area contributed by atoms with Gasteiger partial charge in [-0.2, -0.15) is 13.2 Å². The molecule has 0 saturated carbocycles. The summed E-state index contributed by atoms with van der Waals surface area (Å²) in [5, 5.41) is 3.54. The molecule has 1 aromatic heterocycles. The Morgan fingerprint density at radius 3 is 2.31 bits per heavy atom. The Hall–Kier alpha value is -3.80. The summed E-state index contributed by atoms with van der Waals surface area (Å²) in [5.41, 5.74) is 1.52. The van der Waals surface area contributed by atoms with E-state index in [9.17, 15) is 26.4 Å². The van der Waals surface area contributed by atoms with Gasteiger partial charge in [-0.15, -0.1) is 0 Å². The number of hydrogen-bond acceptors (Lipinski definition) is 6. The molecule has 0 bridgehead atoms. The Labute approximate surface area is 280 Å². The van der Waals surface area contributed by atoms with Crippen molar-refractivity contribution in [3.63, 3.8) is 0 Å². The topological polar surface area (TPSA) is 82.6 Å². The maximum Gasteiger partial charge on any atom is 0.416 e. The number of fused-ring (bicyclic) bond motifs is 1. The van der Waals surface area contributed by atoms with E-state index in [1.807, 2.05) is 37.3 Å². The third-order valence-corrected chi connectivity index (χ3v) is 10.8. The molecule has 1 amide bonds. The summed E-state index contributed by atoms with van der Waals surface area (Å²) in [6, 6.07) is 19.0. The molecule has 2 aliphatic rings. The normalized spacial score (nSPS) is 17.8. The van der Waals surface area contributed by atoms with Gasteiger partial charge in [0.1, 0.15) is 0 Å². The zero-order valence-corrected chi connectivity index (χ0v) is 28.1. The molecule has 2 aliphatic heterocycles. The summed E-state index contributed by atoms with van der Waals surface area (Å²) in [5.74, 6) is -0.405. The van der Waals surface area contributed by atoms with Crippen molar-refractivity contribution >= 4 is 26.6 Å². The van der Waals surface area contributed by atoms with Gasteiger partial charge >= 0.3 is 6.18 Å². The number of hydrogen-bond donors (Lipinski definition) is 1. The lowest BCUT2D eigenvalue weighted by molar-refractivity contribution is -0.137. The van der Waals surface area contributed by atoms with E-state index in [1.54, 1.807) is 12.1 Å². The molecule has 6 rings (SSSR count). The predicted octanol–water partition coefficient (Wildman–Crippen LogP) is 7.27. The highest BCUT2D eigenvalue weighted by Crippen LogP contribution is 2.37. The number of amides is 1. The molecule has 0 aliphatic carbocycles. The van der Waals surface area contributed by atoms with Crippen molar-refractivity contribution in [1.82, 2.24) is 20.1 Å². The minimum atomic E-state index is -4.59. The molecule has 1 atom stereocenters. The molecule has 3 aromatic carbocycles. The van der Waals surface area contributed by atoms with Crippen molar-refractivity contribution < 1.29 is 26.4 Å². The number of nitrogens with one attached hydrogen (secondary N) is 1. The summed E-state index contributed by atoms with van der Waals surface area (Å²) >= 11 is 0. The second kappa shape index (κ2) is 14.0. The first-order valence-electron chi connectivity index (χ1n) is 16.5. The average Bonchev–Trinajstić information content (AvgIpc) is 3.08. The average molecular weight is 679 g/mol. The lowest BCUT2D eigenvalue weighted by atomic mass is 9.93. The highest BCUT2D eigenvalue weighted by atomic mass is 32.2. The molecule has 3 heterocycles. The van der Waals surface area contributed by atoms with Gasteiger partial charge in [-0.1, -0.05) is 55.0 Å². The number of benzene rings is 3. The molecule has 254 valence electrons. The van der Waals surface area contributed by atoms with Crippen LogP contribution in [0.25, 0.3) is 22.2 Å². The largest absolute Gasteiger partial charge is 0.416 e. The molecule has 48 heavy (non-hydrogen) atoms. The molecule has 0 radical (unpaired) electrons. The van der Waals surface area contributed by atoms with Gasteiger partial charge in [-0.3, -0.25) is 9.69 Å². The van der Waals surface area contributed by atoms with E-state index < -0.39 is 27.5 Å². The third kappa shape index (κ3) is 7.58. The SMILES string of the molecule is C[C@H](NC(=O)c1c(CN2CCC(N3CCCCC3)CC2)c(-c2cccc(C(F)(F)F)c2)nc2cc(S(C)(=O)=O)ccc12)c1ccccc1. The van der Waals surface area contributed by atoms with Crippen LogP contribution in [0.5, 0.6) is 0 Å². The zero-order chi connectivity index (χ0) is 34.1. The number of piperidine rings is 2. The van der Waals surface area contributed by atoms with Gasteiger partial charge in [0.05, 0.1) is 33.3 Å². The van der Waals surface area contributed by atoms with Crippen molar-refractivity contribution in [2.75, 3.05) is 32.4 Å². The maximum absolute atomic E-state index is 14.4. The second-order valence-corrected chi connectivity index (χ2v) is 15.1. The number of likely N-dealkylation sites (tertiary alicyclic amines) is 2. The fraction of sp³-hybridized carbons (Fsp3) is 0.405. The summed E-state index contributed by atoms with van der Waals surface area (Å²) in [4.78, 5) is 24.1. The molecule has 1 N–H and O–H groups in total. The molecule has 4 aromatic rings. The fourth-order valence-electron chi connectivity index (χ4n) is 7.05. The molecule has 2 saturated heterocycles. The number of halogens is 3. The number of aromatic nitrogens is 1. The van der Waals surface area contributed by atoms with E-state index in [0.717, 1.165) is 63.0 Å². The third-order valence-electron chi connectivity index (χ3n) is 9.67. The maximum atomic E-state index is 14.4. The molecule has 2 fully saturated rings. The lowest BCUT2D eigenvalue weighted by Gasteiger charge is -2.40. The predicted molar refractivity (Wildman–Crippen MR) is 181 cm³/mol. The highest BCUT2D eigenvalue weighted by molar-refractivity contribution is 7.90. The van der Waals surface area contributed by atoms with Crippen LogP contribution in [0.4, 0.5) is 13.2 Å². The van der Waals surface area contributed by atoms with E-state index in [4.69, 9.17) is 4.98 Å². The molecule has 0 spiro atoms. The minimum absolute atomic E-state index is 0.00837. The van der Waals surface area contributed by atoms with Gasteiger partial charge < -0.3 is 10.2 Å². The van der Waals surface area contributed by atoms with Gasteiger partial charge in [0.25, 0.3) is 5.91 Å². The number of sulfone groups is 1. The van der Waals surface area contributed by atoms with Crippen LogP contribution in [0.1, 0.15) is 72.1 Å². The Bertz CT molecular complexity index is 1890. The van der Waals surface area contributed by atoms with Gasteiger partial charge in [0, 0.05) is 35.4 Å². The van der Waals surface area contributed by atoms with Crippen molar-refractivity contribution in [2.24, 2.45) is 0 Å². The van der Waals surface area contributed by atoms with Crippen LogP contribution in [0, 0.1) is 0 Å². The molecular formula is C37H41F3N4O3S. The number of carbonyl (C=O) groups excluding carboxylic acids is 1. The van der Waals surface area contributed by atoms with Crippen LogP contribution < -0.4 is 5.32 Å². The van der Waals surface area contributed by atoms with Gasteiger partial charge in [0.2, 0.25) is 0 Å². The van der Waals surface area contributed by atoms with Crippen molar-refractivity contribution in [3.05, 3.63) is 95.1 Å². The number of rotatable bonds is 8. The van der Waals surface area contributed by atoms with Gasteiger partial charge in [-0.25, -0.2) is 13.4 Å². The van der Waals surface area contributed by atoms with E-state index >= 15 is 0 Å². The first-order chi connectivity index (χ1) is 22.9. The number of alkyl halides is 3. The Balaban J connectivity index is 1.48. The zero-order valence-electron chi connectivity index (χ0n) is 27.3. The quantitative estimate of drug-likeness (QED) is 0.211. The Morgan fingerprint density at radius 1 is 0.938 bits per heavy atom. The first-order valence-corrected chi connectivity index (χ1v) is 18.4. The fourth-order valence-corrected chi connectivity index (χ4v) is 7.69. The molecule has 11 heteroatoms.